The lowest BCUT2D eigenvalue weighted by Crippen LogP contribution is -1.97. The highest BCUT2D eigenvalue weighted by Gasteiger charge is 2.10. The highest BCUT2D eigenvalue weighted by molar-refractivity contribution is 9.10. The molecule has 0 saturated carbocycles. The van der Waals surface area contributed by atoms with Crippen LogP contribution in [0.4, 0.5) is 0 Å². The summed E-state index contributed by atoms with van der Waals surface area (Å²) < 4.78 is 3.15. The number of halogens is 1. The number of aromatic nitrogens is 2. The largest absolute Gasteiger partial charge is 0.327 e. The molecule has 1 aromatic heterocycles. The minimum absolute atomic E-state index is 0.545. The highest BCUT2D eigenvalue weighted by atomic mass is 79.9. The van der Waals surface area contributed by atoms with Gasteiger partial charge in [0.2, 0.25) is 0 Å². The lowest BCUT2D eigenvalue weighted by molar-refractivity contribution is 0.957. The fourth-order valence-electron chi connectivity index (χ4n) is 2.27. The number of nitrogens with two attached hydrogens (primary N) is 1. The zero-order valence-electron chi connectivity index (χ0n) is 10.6. The zero-order valence-corrected chi connectivity index (χ0v) is 12.2. The van der Waals surface area contributed by atoms with Gasteiger partial charge in [0.15, 0.2) is 0 Å². The van der Waals surface area contributed by atoms with Crippen molar-refractivity contribution in [3.63, 3.8) is 0 Å². The molecule has 96 valence electrons. The molecule has 0 aliphatic carbocycles. The van der Waals surface area contributed by atoms with Gasteiger partial charge in [-0.2, -0.15) is 0 Å². The van der Waals surface area contributed by atoms with Crippen LogP contribution in [0.1, 0.15) is 5.56 Å². The zero-order chi connectivity index (χ0) is 13.4. The van der Waals surface area contributed by atoms with E-state index < -0.39 is 0 Å². The summed E-state index contributed by atoms with van der Waals surface area (Å²) in [5.74, 6) is 0.961. The number of benzene rings is 2. The quantitative estimate of drug-likeness (QED) is 0.787. The number of aryl methyl sites for hydroxylation is 1. The molecule has 19 heavy (non-hydrogen) atoms. The van der Waals surface area contributed by atoms with Gasteiger partial charge in [0.1, 0.15) is 5.82 Å². The van der Waals surface area contributed by atoms with Gasteiger partial charge in [-0.15, -0.1) is 0 Å². The van der Waals surface area contributed by atoms with Crippen LogP contribution in [0.15, 0.2) is 46.9 Å². The van der Waals surface area contributed by atoms with Crippen molar-refractivity contribution >= 4 is 27.0 Å². The fourth-order valence-corrected chi connectivity index (χ4v) is 2.62. The maximum atomic E-state index is 5.70. The molecule has 0 fully saturated rings. The first kappa shape index (κ1) is 12.4. The number of rotatable bonds is 2. The second kappa shape index (κ2) is 4.79. The molecule has 4 heteroatoms. The Labute approximate surface area is 120 Å². The van der Waals surface area contributed by atoms with Crippen molar-refractivity contribution in [2.75, 3.05) is 0 Å². The van der Waals surface area contributed by atoms with Gasteiger partial charge in [0, 0.05) is 23.6 Å². The predicted molar refractivity (Wildman–Crippen MR) is 81.7 cm³/mol. The summed E-state index contributed by atoms with van der Waals surface area (Å²) in [6.45, 7) is 0.545. The molecular formula is C15H14BrN3. The van der Waals surface area contributed by atoms with E-state index in [9.17, 15) is 0 Å². The van der Waals surface area contributed by atoms with E-state index in [0.29, 0.717) is 6.54 Å². The normalized spacial score (nSPS) is 11.1. The van der Waals surface area contributed by atoms with Crippen LogP contribution in [-0.4, -0.2) is 9.55 Å². The van der Waals surface area contributed by atoms with E-state index in [4.69, 9.17) is 10.7 Å². The van der Waals surface area contributed by atoms with Crippen LogP contribution in [0, 0.1) is 0 Å². The molecular weight excluding hydrogens is 302 g/mol. The number of imidazole rings is 1. The summed E-state index contributed by atoms with van der Waals surface area (Å²) >= 11 is 3.48. The van der Waals surface area contributed by atoms with Crippen molar-refractivity contribution in [2.45, 2.75) is 6.54 Å². The first-order valence-electron chi connectivity index (χ1n) is 6.10. The van der Waals surface area contributed by atoms with Crippen molar-refractivity contribution < 1.29 is 0 Å². The molecule has 2 N–H and O–H groups in total. The van der Waals surface area contributed by atoms with Gasteiger partial charge in [-0.1, -0.05) is 34.1 Å². The smallest absolute Gasteiger partial charge is 0.140 e. The maximum Gasteiger partial charge on any atom is 0.140 e. The summed E-state index contributed by atoms with van der Waals surface area (Å²) in [6, 6.07) is 14.3. The third-order valence-corrected chi connectivity index (χ3v) is 3.76. The summed E-state index contributed by atoms with van der Waals surface area (Å²) in [5, 5.41) is 0. The summed E-state index contributed by atoms with van der Waals surface area (Å²) in [4.78, 5) is 4.71. The molecule has 3 nitrogen and oxygen atoms in total. The molecule has 1 heterocycles. The number of nitrogens with zero attached hydrogens (tertiary/aromatic N) is 2. The third-order valence-electron chi connectivity index (χ3n) is 3.26. The lowest BCUT2D eigenvalue weighted by atomic mass is 10.1. The topological polar surface area (TPSA) is 43.8 Å². The Morgan fingerprint density at radius 2 is 2.05 bits per heavy atom. The fraction of sp³-hybridized carbons (Fsp3) is 0.133. The molecule has 3 aromatic rings. The standard InChI is InChI=1S/C15H14BrN3/c1-19-14-6-5-12(16)8-13(14)18-15(19)11-4-2-3-10(7-11)9-17/h2-8H,9,17H2,1H3. The average Bonchev–Trinajstić information content (AvgIpc) is 2.75. The van der Waals surface area contributed by atoms with Crippen molar-refractivity contribution in [3.05, 3.63) is 52.5 Å². The second-order valence-corrected chi connectivity index (χ2v) is 5.45. The summed E-state index contributed by atoms with van der Waals surface area (Å²) in [5.41, 5.74) is 10.0. The highest BCUT2D eigenvalue weighted by Crippen LogP contribution is 2.26. The van der Waals surface area contributed by atoms with Gasteiger partial charge in [-0.05, 0) is 29.8 Å². The second-order valence-electron chi connectivity index (χ2n) is 4.53. The van der Waals surface area contributed by atoms with E-state index in [1.165, 1.54) is 0 Å². The SMILES string of the molecule is Cn1c(-c2cccc(CN)c2)nc2cc(Br)ccc21. The average molecular weight is 316 g/mol. The monoisotopic (exact) mass is 315 g/mol. The Morgan fingerprint density at radius 3 is 2.84 bits per heavy atom. The molecule has 0 radical (unpaired) electrons. The van der Waals surface area contributed by atoms with Crippen LogP contribution >= 0.6 is 15.9 Å². The van der Waals surface area contributed by atoms with Crippen molar-refractivity contribution in [2.24, 2.45) is 12.8 Å². The van der Waals surface area contributed by atoms with Crippen LogP contribution in [0.5, 0.6) is 0 Å². The van der Waals surface area contributed by atoms with Gasteiger partial charge in [-0.3, -0.25) is 0 Å². The molecule has 0 aliphatic rings. The number of hydrogen-bond acceptors (Lipinski definition) is 2. The molecule has 2 aromatic carbocycles. The number of fused-ring (bicyclic) bond motifs is 1. The van der Waals surface area contributed by atoms with E-state index in [1.807, 2.05) is 31.3 Å². The van der Waals surface area contributed by atoms with E-state index in [1.54, 1.807) is 0 Å². The summed E-state index contributed by atoms with van der Waals surface area (Å²) in [7, 11) is 2.04. The van der Waals surface area contributed by atoms with Crippen LogP contribution < -0.4 is 5.73 Å². The van der Waals surface area contributed by atoms with Crippen molar-refractivity contribution in [3.8, 4) is 11.4 Å². The van der Waals surface area contributed by atoms with E-state index >= 15 is 0 Å². The molecule has 0 unspecified atom stereocenters. The summed E-state index contributed by atoms with van der Waals surface area (Å²) in [6.07, 6.45) is 0. The van der Waals surface area contributed by atoms with Crippen LogP contribution in [-0.2, 0) is 13.6 Å². The predicted octanol–water partition coefficient (Wildman–Crippen LogP) is 3.46. The van der Waals surface area contributed by atoms with Gasteiger partial charge in [0.05, 0.1) is 11.0 Å². The molecule has 0 bridgehead atoms. The third kappa shape index (κ3) is 2.17. The lowest BCUT2D eigenvalue weighted by Gasteiger charge is -2.04. The first-order chi connectivity index (χ1) is 9.19. The van der Waals surface area contributed by atoms with Gasteiger partial charge in [0.25, 0.3) is 0 Å². The Bertz CT molecular complexity index is 746. The van der Waals surface area contributed by atoms with Crippen LogP contribution in [0.25, 0.3) is 22.4 Å². The van der Waals surface area contributed by atoms with Crippen molar-refractivity contribution in [1.29, 1.82) is 0 Å². The van der Waals surface area contributed by atoms with Crippen LogP contribution in [0.2, 0.25) is 0 Å². The van der Waals surface area contributed by atoms with Crippen LogP contribution in [0.3, 0.4) is 0 Å². The Hall–Kier alpha value is -1.65. The van der Waals surface area contributed by atoms with Gasteiger partial charge < -0.3 is 10.3 Å². The van der Waals surface area contributed by atoms with E-state index in [-0.39, 0.29) is 0 Å². The van der Waals surface area contributed by atoms with Crippen molar-refractivity contribution in [1.82, 2.24) is 9.55 Å². The maximum absolute atomic E-state index is 5.70. The number of hydrogen-bond donors (Lipinski definition) is 1. The van der Waals surface area contributed by atoms with Gasteiger partial charge in [-0.25, -0.2) is 4.98 Å². The molecule has 0 aliphatic heterocycles. The Balaban J connectivity index is 2.21. The van der Waals surface area contributed by atoms with E-state index in [0.717, 1.165) is 32.5 Å². The molecule has 0 saturated heterocycles. The first-order valence-corrected chi connectivity index (χ1v) is 6.89. The molecule has 0 amide bonds. The molecule has 0 atom stereocenters. The minimum Gasteiger partial charge on any atom is -0.327 e. The minimum atomic E-state index is 0.545. The van der Waals surface area contributed by atoms with Gasteiger partial charge >= 0.3 is 0 Å². The Kier molecular flexibility index (Phi) is 3.12. The Morgan fingerprint density at radius 1 is 1.21 bits per heavy atom. The molecule has 3 rings (SSSR count). The molecule has 0 spiro atoms. The van der Waals surface area contributed by atoms with E-state index in [2.05, 4.69) is 38.7 Å².